The van der Waals surface area contributed by atoms with Crippen LogP contribution in [0.4, 0.5) is 0 Å². The maximum absolute atomic E-state index is 11.7. The number of nitrogens with zero attached hydrogens (tertiary/aromatic N) is 4. The molecule has 0 N–H and O–H groups in total. The normalized spacial score (nSPS) is 19.2. The molecule has 1 aliphatic rings. The van der Waals surface area contributed by atoms with Crippen molar-refractivity contribution in [3.63, 3.8) is 0 Å². The fourth-order valence-corrected chi connectivity index (χ4v) is 2.97. The number of hydrogen-bond acceptors (Lipinski definition) is 10. The SMILES string of the molecule is COC(=O)CN1CCN(CC=O)CCN(CC=O)CCN(CC(=O)OC)CC1. The topological polar surface area (TPSA) is 99.7 Å². The van der Waals surface area contributed by atoms with Crippen LogP contribution in [0.1, 0.15) is 0 Å². The Morgan fingerprint density at radius 1 is 0.643 bits per heavy atom. The Labute approximate surface area is 166 Å². The van der Waals surface area contributed by atoms with Crippen molar-refractivity contribution in [2.24, 2.45) is 0 Å². The van der Waals surface area contributed by atoms with Crippen molar-refractivity contribution >= 4 is 24.5 Å². The summed E-state index contributed by atoms with van der Waals surface area (Å²) in [6.45, 7) is 5.69. The molecule has 0 spiro atoms. The van der Waals surface area contributed by atoms with Gasteiger partial charge in [-0.1, -0.05) is 0 Å². The molecule has 160 valence electrons. The van der Waals surface area contributed by atoms with Crippen LogP contribution in [0.15, 0.2) is 0 Å². The lowest BCUT2D eigenvalue weighted by Crippen LogP contribution is -2.48. The summed E-state index contributed by atoms with van der Waals surface area (Å²) in [6, 6.07) is 0. The Balaban J connectivity index is 2.86. The summed E-state index contributed by atoms with van der Waals surface area (Å²) in [6.07, 6.45) is 1.72. The molecule has 1 saturated heterocycles. The molecule has 1 aliphatic heterocycles. The molecule has 0 aromatic rings. The standard InChI is InChI=1S/C18H32N4O6/c1-27-17(25)15-21-7-5-19(11-13-23)3-4-20(12-14-24)6-8-22(10-9-21)16-18(26)28-2/h13-14H,3-12,15-16H2,1-2H3. The second-order valence-electron chi connectivity index (χ2n) is 6.64. The van der Waals surface area contributed by atoms with Crippen LogP contribution in [-0.4, -0.2) is 137 Å². The summed E-state index contributed by atoms with van der Waals surface area (Å²) in [5.74, 6) is -0.656. The molecule has 10 heteroatoms. The van der Waals surface area contributed by atoms with Crippen molar-refractivity contribution < 1.29 is 28.7 Å². The highest BCUT2D eigenvalue weighted by Crippen LogP contribution is 2.01. The number of carbonyl (C=O) groups excluding carboxylic acids is 4. The van der Waals surface area contributed by atoms with Crippen LogP contribution in [0.25, 0.3) is 0 Å². The average Bonchev–Trinajstić information content (AvgIpc) is 2.69. The van der Waals surface area contributed by atoms with Gasteiger partial charge < -0.3 is 19.1 Å². The van der Waals surface area contributed by atoms with E-state index >= 15 is 0 Å². The van der Waals surface area contributed by atoms with E-state index in [2.05, 4.69) is 0 Å². The summed E-state index contributed by atoms with van der Waals surface area (Å²) < 4.78 is 9.54. The zero-order valence-corrected chi connectivity index (χ0v) is 16.9. The molecule has 28 heavy (non-hydrogen) atoms. The summed E-state index contributed by atoms with van der Waals surface area (Å²) in [4.78, 5) is 53.3. The van der Waals surface area contributed by atoms with Crippen LogP contribution in [0.5, 0.6) is 0 Å². The third kappa shape index (κ3) is 9.88. The maximum atomic E-state index is 11.7. The van der Waals surface area contributed by atoms with Gasteiger partial charge in [0.05, 0.1) is 40.4 Å². The van der Waals surface area contributed by atoms with Crippen LogP contribution in [0, 0.1) is 0 Å². The summed E-state index contributed by atoms with van der Waals surface area (Å²) in [5.41, 5.74) is 0. The highest BCUT2D eigenvalue weighted by atomic mass is 16.5. The maximum Gasteiger partial charge on any atom is 0.319 e. The number of ether oxygens (including phenoxy) is 2. The first-order chi connectivity index (χ1) is 13.5. The summed E-state index contributed by atoms with van der Waals surface area (Å²) >= 11 is 0. The van der Waals surface area contributed by atoms with Gasteiger partial charge in [0, 0.05) is 52.4 Å². The lowest BCUT2D eigenvalue weighted by atomic mass is 10.3. The molecule has 0 aromatic heterocycles. The lowest BCUT2D eigenvalue weighted by molar-refractivity contribution is -0.143. The number of esters is 2. The molecule has 1 heterocycles. The number of hydrogen-bond donors (Lipinski definition) is 0. The van der Waals surface area contributed by atoms with E-state index in [9.17, 15) is 19.2 Å². The van der Waals surface area contributed by atoms with E-state index in [0.717, 1.165) is 12.6 Å². The molecule has 0 aliphatic carbocycles. The molecule has 1 fully saturated rings. The van der Waals surface area contributed by atoms with Gasteiger partial charge in [0.1, 0.15) is 12.6 Å². The van der Waals surface area contributed by atoms with Crippen molar-refractivity contribution in [2.75, 3.05) is 92.8 Å². The zero-order chi connectivity index (χ0) is 20.8. The largest absolute Gasteiger partial charge is 0.468 e. The Morgan fingerprint density at radius 2 is 0.929 bits per heavy atom. The van der Waals surface area contributed by atoms with E-state index in [-0.39, 0.29) is 25.0 Å². The van der Waals surface area contributed by atoms with Crippen molar-refractivity contribution in [1.82, 2.24) is 19.6 Å². The number of carbonyl (C=O) groups is 4. The van der Waals surface area contributed by atoms with Gasteiger partial charge in [-0.3, -0.25) is 29.2 Å². The van der Waals surface area contributed by atoms with Crippen molar-refractivity contribution in [2.45, 2.75) is 0 Å². The smallest absolute Gasteiger partial charge is 0.319 e. The number of methoxy groups -OCH3 is 2. The number of aldehydes is 2. The minimum absolute atomic E-state index is 0.148. The highest BCUT2D eigenvalue weighted by molar-refractivity contribution is 5.71. The molecule has 10 nitrogen and oxygen atoms in total. The first-order valence-corrected chi connectivity index (χ1v) is 9.42. The fourth-order valence-electron chi connectivity index (χ4n) is 2.97. The van der Waals surface area contributed by atoms with Gasteiger partial charge >= 0.3 is 11.9 Å². The molecule has 0 amide bonds. The van der Waals surface area contributed by atoms with E-state index in [4.69, 9.17) is 9.47 Å². The molecular formula is C18H32N4O6. The van der Waals surface area contributed by atoms with Crippen LogP contribution < -0.4 is 0 Å². The van der Waals surface area contributed by atoms with Gasteiger partial charge in [-0.25, -0.2) is 0 Å². The summed E-state index contributed by atoms with van der Waals surface area (Å²) in [5, 5.41) is 0. The van der Waals surface area contributed by atoms with E-state index in [1.165, 1.54) is 14.2 Å². The van der Waals surface area contributed by atoms with Crippen LogP contribution >= 0.6 is 0 Å². The minimum atomic E-state index is -0.328. The van der Waals surface area contributed by atoms with Crippen molar-refractivity contribution in [3.05, 3.63) is 0 Å². The minimum Gasteiger partial charge on any atom is -0.468 e. The Bertz CT molecular complexity index is 460. The highest BCUT2D eigenvalue weighted by Gasteiger charge is 2.19. The van der Waals surface area contributed by atoms with E-state index in [1.54, 1.807) is 0 Å². The van der Waals surface area contributed by atoms with Crippen molar-refractivity contribution in [3.8, 4) is 0 Å². The molecule has 0 atom stereocenters. The quantitative estimate of drug-likeness (QED) is 0.334. The van der Waals surface area contributed by atoms with Gasteiger partial charge in [0.25, 0.3) is 0 Å². The second kappa shape index (κ2) is 14.2. The van der Waals surface area contributed by atoms with Crippen LogP contribution in [-0.2, 0) is 28.7 Å². The average molecular weight is 400 g/mol. The van der Waals surface area contributed by atoms with E-state index in [0.29, 0.717) is 65.4 Å². The Kier molecular flexibility index (Phi) is 12.2. The molecule has 1 rings (SSSR count). The Morgan fingerprint density at radius 3 is 1.18 bits per heavy atom. The molecular weight excluding hydrogens is 368 g/mol. The van der Waals surface area contributed by atoms with Gasteiger partial charge in [-0.05, 0) is 0 Å². The second-order valence-corrected chi connectivity index (χ2v) is 6.64. The van der Waals surface area contributed by atoms with Gasteiger partial charge in [-0.2, -0.15) is 0 Å². The molecule has 0 saturated carbocycles. The lowest BCUT2D eigenvalue weighted by Gasteiger charge is -2.32. The predicted octanol–water partition coefficient (Wildman–Crippen LogP) is -2.05. The van der Waals surface area contributed by atoms with Gasteiger partial charge in [-0.15, -0.1) is 0 Å². The van der Waals surface area contributed by atoms with Gasteiger partial charge in [0.2, 0.25) is 0 Å². The molecule has 0 radical (unpaired) electrons. The van der Waals surface area contributed by atoms with Crippen molar-refractivity contribution in [1.29, 1.82) is 0 Å². The van der Waals surface area contributed by atoms with E-state index < -0.39 is 0 Å². The monoisotopic (exact) mass is 400 g/mol. The Hall–Kier alpha value is -1.88. The third-order valence-electron chi connectivity index (χ3n) is 4.76. The predicted molar refractivity (Wildman–Crippen MR) is 102 cm³/mol. The first kappa shape index (κ1) is 24.2. The number of rotatable bonds is 8. The molecule has 0 aromatic carbocycles. The zero-order valence-electron chi connectivity index (χ0n) is 16.9. The summed E-state index contributed by atoms with van der Waals surface area (Å²) in [7, 11) is 2.70. The van der Waals surface area contributed by atoms with Gasteiger partial charge in [0.15, 0.2) is 0 Å². The fraction of sp³-hybridized carbons (Fsp3) is 0.778. The van der Waals surface area contributed by atoms with E-state index in [1.807, 2.05) is 19.6 Å². The third-order valence-corrected chi connectivity index (χ3v) is 4.76. The first-order valence-electron chi connectivity index (χ1n) is 9.42. The molecule has 0 unspecified atom stereocenters. The van der Waals surface area contributed by atoms with Crippen LogP contribution in [0.3, 0.4) is 0 Å². The molecule has 0 bridgehead atoms. The van der Waals surface area contributed by atoms with Crippen LogP contribution in [0.2, 0.25) is 0 Å².